The average Bonchev–Trinajstić information content (AvgIpc) is 3.10. The second-order valence-corrected chi connectivity index (χ2v) is 8.87. The van der Waals surface area contributed by atoms with Crippen molar-refractivity contribution in [2.75, 3.05) is 13.7 Å². The summed E-state index contributed by atoms with van der Waals surface area (Å²) in [6.07, 6.45) is 2.36. The number of nitrogens with one attached hydrogen (secondary N) is 1. The van der Waals surface area contributed by atoms with Gasteiger partial charge in [-0.3, -0.25) is 14.2 Å². The topological polar surface area (TPSA) is 84.1 Å². The van der Waals surface area contributed by atoms with Gasteiger partial charge in [-0.1, -0.05) is 58.4 Å². The fourth-order valence-corrected chi connectivity index (χ4v) is 4.44. The molecule has 0 fully saturated rings. The zero-order valence-electron chi connectivity index (χ0n) is 17.5. The minimum absolute atomic E-state index is 0.0732. The average molecular weight is 512 g/mol. The van der Waals surface area contributed by atoms with Crippen LogP contribution in [0.1, 0.15) is 17.5 Å². The summed E-state index contributed by atoms with van der Waals surface area (Å²) in [5, 5.41) is 12.5. The fourth-order valence-electron chi connectivity index (χ4n) is 3.05. The third-order valence-electron chi connectivity index (χ3n) is 4.65. The summed E-state index contributed by atoms with van der Waals surface area (Å²) >= 11 is 4.55. The number of hydrogen-bond acceptors (Lipinski definition) is 5. The molecule has 0 unspecified atom stereocenters. The predicted octanol–water partition coefficient (Wildman–Crippen LogP) is 2.53. The van der Waals surface area contributed by atoms with E-state index in [9.17, 15) is 14.9 Å². The molecule has 6 nitrogen and oxygen atoms in total. The Balaban J connectivity index is 2.05. The summed E-state index contributed by atoms with van der Waals surface area (Å²) < 4.78 is 8.35. The molecule has 0 saturated heterocycles. The number of carbonyl (C=O) groups excluding carboxylic acids is 1. The Hall–Kier alpha value is -2.99. The Morgan fingerprint density at radius 1 is 1.22 bits per heavy atom. The number of thiazole rings is 1. The number of carbonyl (C=O) groups is 1. The van der Waals surface area contributed by atoms with Crippen molar-refractivity contribution < 1.29 is 9.53 Å². The molecule has 0 spiro atoms. The molecular weight excluding hydrogens is 490 g/mol. The molecule has 0 atom stereocenters. The Bertz CT molecular complexity index is 1290. The number of aromatic nitrogens is 1. The molecule has 2 aromatic carbocycles. The smallest absolute Gasteiger partial charge is 0.269 e. The number of halogens is 1. The number of nitrogens with zero attached hydrogens (tertiary/aromatic N) is 2. The lowest BCUT2D eigenvalue weighted by atomic mass is 10.2. The number of hydrogen-bond donors (Lipinski definition) is 1. The van der Waals surface area contributed by atoms with Crippen LogP contribution in [0, 0.1) is 11.3 Å². The zero-order valence-corrected chi connectivity index (χ0v) is 19.9. The summed E-state index contributed by atoms with van der Waals surface area (Å²) in [6.45, 7) is 1.11. The molecule has 1 amide bonds. The summed E-state index contributed by atoms with van der Waals surface area (Å²) in [7, 11) is 1.59. The lowest BCUT2D eigenvalue weighted by Crippen LogP contribution is -2.35. The number of ether oxygens (including phenoxy) is 1. The molecule has 164 valence electrons. The van der Waals surface area contributed by atoms with Gasteiger partial charge in [-0.2, -0.15) is 5.26 Å². The Morgan fingerprint density at radius 2 is 1.94 bits per heavy atom. The molecule has 0 bridgehead atoms. The highest BCUT2D eigenvalue weighted by atomic mass is 79.9. The summed E-state index contributed by atoms with van der Waals surface area (Å²) in [4.78, 5) is 25.9. The number of amides is 1. The highest BCUT2D eigenvalue weighted by molar-refractivity contribution is 9.10. The van der Waals surface area contributed by atoms with Crippen molar-refractivity contribution in [2.45, 2.75) is 19.5 Å². The van der Waals surface area contributed by atoms with E-state index in [2.05, 4.69) is 21.2 Å². The zero-order chi connectivity index (χ0) is 22.9. The molecule has 0 aliphatic rings. The molecule has 8 heteroatoms. The van der Waals surface area contributed by atoms with Crippen LogP contribution in [0.25, 0.3) is 11.6 Å². The molecule has 0 aliphatic carbocycles. The van der Waals surface area contributed by atoms with Gasteiger partial charge in [0.1, 0.15) is 10.7 Å². The second kappa shape index (κ2) is 11.6. The molecule has 1 aromatic heterocycles. The first kappa shape index (κ1) is 23.7. The summed E-state index contributed by atoms with van der Waals surface area (Å²) in [5.41, 5.74) is 1.48. The van der Waals surface area contributed by atoms with E-state index in [-0.39, 0.29) is 11.1 Å². The standard InChI is InChI=1S/C24H22BrN3O3S/c1-31-13-5-12-28-23(30)21(14-17-8-10-19(25)11-9-17)32-24(28)20(15-26)22(29)27-16-18-6-3-2-4-7-18/h2-4,6-11,14H,5,12-13,16H2,1H3,(H,27,29)/b21-14+,24-20+. The highest BCUT2D eigenvalue weighted by Crippen LogP contribution is 2.10. The van der Waals surface area contributed by atoms with Crippen molar-refractivity contribution in [1.82, 2.24) is 9.88 Å². The lowest BCUT2D eigenvalue weighted by Gasteiger charge is -2.06. The normalized spacial score (nSPS) is 12.3. The van der Waals surface area contributed by atoms with E-state index in [4.69, 9.17) is 4.74 Å². The monoisotopic (exact) mass is 511 g/mol. The first-order valence-corrected chi connectivity index (χ1v) is 11.6. The maximum Gasteiger partial charge on any atom is 0.269 e. The van der Waals surface area contributed by atoms with Gasteiger partial charge in [0.15, 0.2) is 5.57 Å². The van der Waals surface area contributed by atoms with Crippen LogP contribution < -0.4 is 20.1 Å². The molecule has 3 rings (SSSR count). The fraction of sp³-hybridized carbons (Fsp3) is 0.208. The van der Waals surface area contributed by atoms with Crippen LogP contribution in [-0.4, -0.2) is 24.2 Å². The minimum atomic E-state index is -0.506. The first-order chi connectivity index (χ1) is 15.5. The van der Waals surface area contributed by atoms with Gasteiger partial charge in [-0.05, 0) is 35.8 Å². The van der Waals surface area contributed by atoms with Gasteiger partial charge in [0.25, 0.3) is 11.5 Å². The van der Waals surface area contributed by atoms with Crippen LogP contribution in [-0.2, 0) is 22.6 Å². The highest BCUT2D eigenvalue weighted by Gasteiger charge is 2.16. The van der Waals surface area contributed by atoms with Gasteiger partial charge in [0.2, 0.25) is 0 Å². The Morgan fingerprint density at radius 3 is 2.59 bits per heavy atom. The third kappa shape index (κ3) is 6.04. The summed E-state index contributed by atoms with van der Waals surface area (Å²) in [5.74, 6) is -0.506. The maximum absolute atomic E-state index is 13.1. The Kier molecular flexibility index (Phi) is 8.56. The van der Waals surface area contributed by atoms with Gasteiger partial charge in [-0.15, -0.1) is 11.3 Å². The van der Waals surface area contributed by atoms with Crippen LogP contribution in [0.15, 0.2) is 63.9 Å². The van der Waals surface area contributed by atoms with E-state index < -0.39 is 5.91 Å². The molecular formula is C24H22BrN3O3S. The number of rotatable bonds is 8. The number of methoxy groups -OCH3 is 1. The van der Waals surface area contributed by atoms with Crippen molar-refractivity contribution in [1.29, 1.82) is 5.26 Å². The van der Waals surface area contributed by atoms with Crippen molar-refractivity contribution in [2.24, 2.45) is 0 Å². The van der Waals surface area contributed by atoms with Gasteiger partial charge in [-0.25, -0.2) is 0 Å². The van der Waals surface area contributed by atoms with Crippen molar-refractivity contribution in [3.8, 4) is 6.07 Å². The molecule has 32 heavy (non-hydrogen) atoms. The minimum Gasteiger partial charge on any atom is -0.385 e. The van der Waals surface area contributed by atoms with E-state index in [0.29, 0.717) is 35.3 Å². The van der Waals surface area contributed by atoms with Gasteiger partial charge in [0, 0.05) is 31.3 Å². The van der Waals surface area contributed by atoms with Gasteiger partial charge in [0.05, 0.1) is 4.53 Å². The molecule has 0 radical (unpaired) electrons. The van der Waals surface area contributed by atoms with Crippen LogP contribution in [0.2, 0.25) is 0 Å². The second-order valence-electron chi connectivity index (χ2n) is 6.93. The maximum atomic E-state index is 13.1. The summed E-state index contributed by atoms with van der Waals surface area (Å²) in [6, 6.07) is 19.0. The molecule has 0 saturated carbocycles. The number of nitriles is 1. The van der Waals surface area contributed by atoms with E-state index in [1.165, 1.54) is 4.57 Å². The number of benzene rings is 2. The predicted molar refractivity (Wildman–Crippen MR) is 129 cm³/mol. The van der Waals surface area contributed by atoms with Crippen molar-refractivity contribution in [3.63, 3.8) is 0 Å². The van der Waals surface area contributed by atoms with Gasteiger partial charge >= 0.3 is 0 Å². The van der Waals surface area contributed by atoms with Crippen molar-refractivity contribution in [3.05, 3.63) is 89.7 Å². The van der Waals surface area contributed by atoms with Crippen LogP contribution >= 0.6 is 27.3 Å². The molecule has 3 aromatic rings. The molecule has 1 heterocycles. The van der Waals surface area contributed by atoms with E-state index in [1.54, 1.807) is 13.2 Å². The van der Waals surface area contributed by atoms with E-state index in [0.717, 1.165) is 26.9 Å². The van der Waals surface area contributed by atoms with E-state index >= 15 is 0 Å². The molecule has 0 aliphatic heterocycles. The first-order valence-electron chi connectivity index (χ1n) is 9.96. The van der Waals surface area contributed by atoms with Crippen LogP contribution in [0.3, 0.4) is 0 Å². The quantitative estimate of drug-likeness (QED) is 0.471. The third-order valence-corrected chi connectivity index (χ3v) is 6.31. The lowest BCUT2D eigenvalue weighted by molar-refractivity contribution is -0.115. The van der Waals surface area contributed by atoms with Crippen LogP contribution in [0.4, 0.5) is 0 Å². The largest absolute Gasteiger partial charge is 0.385 e. The van der Waals surface area contributed by atoms with Crippen molar-refractivity contribution >= 4 is 44.8 Å². The van der Waals surface area contributed by atoms with Crippen LogP contribution in [0.5, 0.6) is 0 Å². The molecule has 1 N–H and O–H groups in total. The Labute approximate surface area is 198 Å². The van der Waals surface area contributed by atoms with E-state index in [1.807, 2.05) is 60.7 Å². The van der Waals surface area contributed by atoms with Gasteiger partial charge < -0.3 is 10.1 Å². The SMILES string of the molecule is COCCCn1c(=O)/c(=C\c2ccc(Br)cc2)s/c1=C(\C#N)C(=O)NCc1ccccc1.